The predicted octanol–water partition coefficient (Wildman–Crippen LogP) is 6.56. The third kappa shape index (κ3) is 4.33. The minimum atomic E-state index is -0.493. The third-order valence-electron chi connectivity index (χ3n) is 7.13. The largest absolute Gasteiger partial charge is 0.495 e. The van der Waals surface area contributed by atoms with E-state index < -0.39 is 6.04 Å². The highest BCUT2D eigenvalue weighted by atomic mass is 19.1. The zero-order valence-corrected chi connectivity index (χ0v) is 21.9. The predicted molar refractivity (Wildman–Crippen MR) is 148 cm³/mol. The number of halogens is 1. The van der Waals surface area contributed by atoms with Crippen molar-refractivity contribution in [1.82, 2.24) is 19.2 Å². The van der Waals surface area contributed by atoms with Gasteiger partial charge in [-0.05, 0) is 73.5 Å². The van der Waals surface area contributed by atoms with Crippen LogP contribution in [0.2, 0.25) is 0 Å². The first-order chi connectivity index (χ1) is 18.9. The standard InChI is InChI=1S/C31H28FN5O2/c1-20-11-16-28(39-3)26(18-20)33-31(38)36-19-25-21(2)34-37(24-8-5-4-6-9-24)30(25)35-17-7-10-27(35)29(36)22-12-14-23(32)15-13-22/h4-18,29H,19H2,1-3H3,(H,33,38)/t29-/m0/s1. The Hall–Kier alpha value is -4.85. The van der Waals surface area contributed by atoms with Crippen LogP contribution in [-0.4, -0.2) is 32.4 Å². The lowest BCUT2D eigenvalue weighted by atomic mass is 10.0. The molecular weight excluding hydrogens is 493 g/mol. The number of carbonyl (C=O) groups is 1. The molecule has 196 valence electrons. The number of nitrogens with one attached hydrogen (secondary N) is 1. The van der Waals surface area contributed by atoms with Gasteiger partial charge in [-0.15, -0.1) is 0 Å². The highest BCUT2D eigenvalue weighted by Crippen LogP contribution is 2.39. The van der Waals surface area contributed by atoms with Crippen molar-refractivity contribution in [3.63, 3.8) is 0 Å². The van der Waals surface area contributed by atoms with Gasteiger partial charge in [0.05, 0.1) is 42.5 Å². The molecule has 5 aromatic rings. The van der Waals surface area contributed by atoms with E-state index in [4.69, 9.17) is 9.84 Å². The molecule has 0 fully saturated rings. The lowest BCUT2D eigenvalue weighted by molar-refractivity contribution is 0.194. The van der Waals surface area contributed by atoms with E-state index in [2.05, 4.69) is 9.88 Å². The molecule has 8 heteroatoms. The Bertz CT molecular complexity index is 1660. The summed E-state index contributed by atoms with van der Waals surface area (Å²) >= 11 is 0. The van der Waals surface area contributed by atoms with Crippen LogP contribution in [0.1, 0.15) is 34.1 Å². The molecule has 0 saturated carbocycles. The zero-order valence-electron chi connectivity index (χ0n) is 21.9. The minimum absolute atomic E-state index is 0.289. The van der Waals surface area contributed by atoms with Crippen molar-refractivity contribution >= 4 is 11.7 Å². The van der Waals surface area contributed by atoms with Gasteiger partial charge in [0.2, 0.25) is 0 Å². The topological polar surface area (TPSA) is 64.3 Å². The van der Waals surface area contributed by atoms with Crippen LogP contribution in [0.25, 0.3) is 11.5 Å². The number of methoxy groups -OCH3 is 1. The number of para-hydroxylation sites is 1. The molecule has 3 aromatic carbocycles. The van der Waals surface area contributed by atoms with Gasteiger partial charge >= 0.3 is 6.03 Å². The fourth-order valence-corrected chi connectivity index (χ4v) is 5.25. The summed E-state index contributed by atoms with van der Waals surface area (Å²) < 4.78 is 23.5. The first-order valence-corrected chi connectivity index (χ1v) is 12.7. The van der Waals surface area contributed by atoms with Crippen LogP contribution in [0.3, 0.4) is 0 Å². The van der Waals surface area contributed by atoms with Crippen molar-refractivity contribution in [2.75, 3.05) is 12.4 Å². The number of carbonyl (C=O) groups excluding carboxylic acids is 1. The molecule has 0 bridgehead atoms. The summed E-state index contributed by atoms with van der Waals surface area (Å²) in [7, 11) is 1.58. The van der Waals surface area contributed by atoms with E-state index in [-0.39, 0.29) is 18.4 Å². The number of hydrogen-bond acceptors (Lipinski definition) is 3. The van der Waals surface area contributed by atoms with Gasteiger partial charge in [-0.3, -0.25) is 0 Å². The number of fused-ring (bicyclic) bond motifs is 3. The molecule has 1 atom stereocenters. The number of amides is 2. The van der Waals surface area contributed by atoms with Crippen LogP contribution in [0.15, 0.2) is 91.1 Å². The number of aromatic nitrogens is 3. The Kier molecular flexibility index (Phi) is 6.15. The summed E-state index contributed by atoms with van der Waals surface area (Å²) in [4.78, 5) is 15.9. The molecular formula is C31H28FN5O2. The number of aryl methyl sites for hydroxylation is 2. The number of rotatable bonds is 4. The molecule has 2 aromatic heterocycles. The first kappa shape index (κ1) is 24.5. The van der Waals surface area contributed by atoms with E-state index in [9.17, 15) is 9.18 Å². The molecule has 7 nitrogen and oxygen atoms in total. The number of benzene rings is 3. The summed E-state index contributed by atoms with van der Waals surface area (Å²) in [6, 6.07) is 25.1. The molecule has 2 amide bonds. The first-order valence-electron chi connectivity index (χ1n) is 12.7. The maximum Gasteiger partial charge on any atom is 0.323 e. The van der Waals surface area contributed by atoms with Crippen LogP contribution >= 0.6 is 0 Å². The van der Waals surface area contributed by atoms with Crippen molar-refractivity contribution in [3.8, 4) is 17.3 Å². The maximum atomic E-state index is 14.1. The van der Waals surface area contributed by atoms with E-state index >= 15 is 0 Å². The highest BCUT2D eigenvalue weighted by Gasteiger charge is 2.36. The molecule has 1 aliphatic heterocycles. The molecule has 1 N–H and O–H groups in total. The summed E-state index contributed by atoms with van der Waals surface area (Å²) in [5, 5.41) is 7.95. The number of urea groups is 1. The lowest BCUT2D eigenvalue weighted by Crippen LogP contribution is -2.38. The van der Waals surface area contributed by atoms with Gasteiger partial charge in [-0.1, -0.05) is 36.4 Å². The van der Waals surface area contributed by atoms with Crippen molar-refractivity contribution in [3.05, 3.63) is 125 Å². The molecule has 6 rings (SSSR count). The Morgan fingerprint density at radius 2 is 1.77 bits per heavy atom. The maximum absolute atomic E-state index is 14.1. The second kappa shape index (κ2) is 9.79. The lowest BCUT2D eigenvalue weighted by Gasteiger charge is -2.31. The van der Waals surface area contributed by atoms with Crippen LogP contribution < -0.4 is 10.1 Å². The number of ether oxygens (including phenoxy) is 1. The smallest absolute Gasteiger partial charge is 0.323 e. The number of anilines is 1. The zero-order chi connectivity index (χ0) is 27.1. The van der Waals surface area contributed by atoms with E-state index in [1.165, 1.54) is 12.1 Å². The van der Waals surface area contributed by atoms with Gasteiger partial charge in [0.25, 0.3) is 0 Å². The van der Waals surface area contributed by atoms with E-state index in [0.717, 1.165) is 39.6 Å². The normalized spacial score (nSPS) is 14.4. The van der Waals surface area contributed by atoms with E-state index in [1.54, 1.807) is 24.1 Å². The average molecular weight is 522 g/mol. The summed E-state index contributed by atoms with van der Waals surface area (Å²) in [5.74, 6) is 1.11. The Labute approximate surface area is 226 Å². The van der Waals surface area contributed by atoms with E-state index in [0.29, 0.717) is 11.4 Å². The average Bonchev–Trinajstić information content (AvgIpc) is 3.50. The quantitative estimate of drug-likeness (QED) is 0.291. The van der Waals surface area contributed by atoms with Gasteiger partial charge < -0.3 is 19.5 Å². The number of hydrogen-bond donors (Lipinski definition) is 1. The fraction of sp³-hybridized carbons (Fsp3) is 0.161. The molecule has 0 unspecified atom stereocenters. The van der Waals surface area contributed by atoms with Gasteiger partial charge in [-0.2, -0.15) is 5.10 Å². The minimum Gasteiger partial charge on any atom is -0.495 e. The van der Waals surface area contributed by atoms with Crippen LogP contribution in [0.4, 0.5) is 14.9 Å². The van der Waals surface area contributed by atoms with Gasteiger partial charge in [-0.25, -0.2) is 13.9 Å². The summed E-state index contributed by atoms with van der Waals surface area (Å²) in [6.07, 6.45) is 1.98. The molecule has 0 aliphatic carbocycles. The van der Waals surface area contributed by atoms with E-state index in [1.807, 2.05) is 85.4 Å². The van der Waals surface area contributed by atoms with Crippen molar-refractivity contribution in [2.45, 2.75) is 26.4 Å². The van der Waals surface area contributed by atoms with Crippen LogP contribution in [0.5, 0.6) is 5.75 Å². The molecule has 1 aliphatic rings. The highest BCUT2D eigenvalue weighted by molar-refractivity contribution is 5.92. The second-order valence-electron chi connectivity index (χ2n) is 9.65. The molecule has 0 spiro atoms. The molecule has 3 heterocycles. The Balaban J connectivity index is 1.53. The fourth-order valence-electron chi connectivity index (χ4n) is 5.25. The Morgan fingerprint density at radius 3 is 2.51 bits per heavy atom. The monoisotopic (exact) mass is 521 g/mol. The third-order valence-corrected chi connectivity index (χ3v) is 7.13. The SMILES string of the molecule is COc1ccc(C)cc1NC(=O)N1Cc2c(C)nn(-c3ccccc3)c2-n2cccc2[C@@H]1c1ccc(F)cc1. The van der Waals surface area contributed by atoms with Gasteiger partial charge in [0.15, 0.2) is 0 Å². The van der Waals surface area contributed by atoms with Crippen molar-refractivity contribution < 1.29 is 13.9 Å². The summed E-state index contributed by atoms with van der Waals surface area (Å²) in [5.41, 5.74) is 5.90. The van der Waals surface area contributed by atoms with Crippen molar-refractivity contribution in [1.29, 1.82) is 0 Å². The van der Waals surface area contributed by atoms with Crippen LogP contribution in [-0.2, 0) is 6.54 Å². The van der Waals surface area contributed by atoms with Crippen molar-refractivity contribution in [2.24, 2.45) is 0 Å². The Morgan fingerprint density at radius 1 is 1.00 bits per heavy atom. The van der Waals surface area contributed by atoms with Gasteiger partial charge in [0, 0.05) is 11.8 Å². The molecule has 0 saturated heterocycles. The van der Waals surface area contributed by atoms with Gasteiger partial charge in [0.1, 0.15) is 17.4 Å². The summed E-state index contributed by atoms with van der Waals surface area (Å²) in [6.45, 7) is 4.21. The van der Waals surface area contributed by atoms with Crippen LogP contribution in [0, 0.1) is 19.7 Å². The molecule has 39 heavy (non-hydrogen) atoms. The second-order valence-corrected chi connectivity index (χ2v) is 9.65. The number of nitrogens with zero attached hydrogens (tertiary/aromatic N) is 4. The molecule has 0 radical (unpaired) electrons.